The zero-order chi connectivity index (χ0) is 11.1. The fourth-order valence-corrected chi connectivity index (χ4v) is 3.58. The third kappa shape index (κ3) is 1.75. The molecular formula is C8H9N3O2S2. The summed E-state index contributed by atoms with van der Waals surface area (Å²) >= 11 is 1.21. The van der Waals surface area contributed by atoms with E-state index in [1.54, 1.807) is 12.1 Å². The minimum atomic E-state index is -3.55. The normalized spacial score (nSPS) is 11.8. The van der Waals surface area contributed by atoms with Crippen molar-refractivity contribution < 1.29 is 8.42 Å². The number of hydrogen-bond donors (Lipinski definition) is 1. The van der Waals surface area contributed by atoms with Gasteiger partial charge >= 0.3 is 0 Å². The molecule has 2 aromatic heterocycles. The van der Waals surface area contributed by atoms with Crippen molar-refractivity contribution in [3.8, 4) is 0 Å². The van der Waals surface area contributed by atoms with E-state index < -0.39 is 10.0 Å². The quantitative estimate of drug-likeness (QED) is 0.855. The summed E-state index contributed by atoms with van der Waals surface area (Å²) in [5.41, 5.74) is 5.37. The molecular weight excluding hydrogens is 234 g/mol. The van der Waals surface area contributed by atoms with Gasteiger partial charge in [0.1, 0.15) is 10.0 Å². The number of nitrogens with zero attached hydrogens (tertiary/aromatic N) is 2. The average molecular weight is 243 g/mol. The topological polar surface area (TPSA) is 78.0 Å². The molecule has 0 aliphatic heterocycles. The Labute approximate surface area is 91.2 Å². The van der Waals surface area contributed by atoms with Crippen molar-refractivity contribution in [2.45, 2.75) is 11.1 Å². The van der Waals surface area contributed by atoms with Gasteiger partial charge in [-0.3, -0.25) is 0 Å². The van der Waals surface area contributed by atoms with E-state index in [1.165, 1.54) is 23.6 Å². The highest BCUT2D eigenvalue weighted by molar-refractivity contribution is 7.91. The molecule has 2 heterocycles. The van der Waals surface area contributed by atoms with Crippen LogP contribution in [0.25, 0.3) is 0 Å². The average Bonchev–Trinajstić information content (AvgIpc) is 2.74. The lowest BCUT2D eigenvalue weighted by molar-refractivity contribution is 0.582. The molecule has 0 unspecified atom stereocenters. The number of nitrogen functional groups attached to an aromatic ring is 1. The first kappa shape index (κ1) is 10.2. The summed E-state index contributed by atoms with van der Waals surface area (Å²) in [6.07, 6.45) is 1.33. The lowest BCUT2D eigenvalue weighted by Crippen LogP contribution is -2.12. The molecule has 2 aromatic rings. The van der Waals surface area contributed by atoms with Crippen molar-refractivity contribution in [3.63, 3.8) is 0 Å². The van der Waals surface area contributed by atoms with Crippen LogP contribution >= 0.6 is 11.3 Å². The smallest absolute Gasteiger partial charge is 0.292 e. The maximum atomic E-state index is 11.9. The first-order valence-electron chi connectivity index (χ1n) is 4.13. The molecule has 0 bridgehead atoms. The van der Waals surface area contributed by atoms with Gasteiger partial charge in [0, 0.05) is 17.1 Å². The highest BCUT2D eigenvalue weighted by atomic mass is 32.2. The van der Waals surface area contributed by atoms with Gasteiger partial charge in [-0.15, -0.1) is 16.4 Å². The van der Waals surface area contributed by atoms with E-state index in [-0.39, 0.29) is 10.0 Å². The molecule has 0 saturated carbocycles. The van der Waals surface area contributed by atoms with Crippen LogP contribution in [0.2, 0.25) is 0 Å². The van der Waals surface area contributed by atoms with E-state index in [0.29, 0.717) is 0 Å². The molecule has 2 rings (SSSR count). The second kappa shape index (κ2) is 3.35. The van der Waals surface area contributed by atoms with E-state index in [2.05, 4.69) is 5.10 Å². The molecule has 0 amide bonds. The van der Waals surface area contributed by atoms with Gasteiger partial charge in [-0.2, -0.15) is 12.5 Å². The molecule has 5 nitrogen and oxygen atoms in total. The van der Waals surface area contributed by atoms with Gasteiger partial charge in [-0.1, -0.05) is 0 Å². The molecule has 0 aromatic carbocycles. The van der Waals surface area contributed by atoms with Crippen molar-refractivity contribution in [2.24, 2.45) is 0 Å². The predicted octanol–water partition coefficient (Wildman–Crippen LogP) is 1.07. The van der Waals surface area contributed by atoms with Crippen LogP contribution < -0.4 is 5.73 Å². The summed E-state index contributed by atoms with van der Waals surface area (Å²) in [5.74, 6) is 0.187. The van der Waals surface area contributed by atoms with Gasteiger partial charge in [-0.05, 0) is 19.1 Å². The number of anilines is 1. The number of rotatable bonds is 2. The summed E-state index contributed by atoms with van der Waals surface area (Å²) in [7, 11) is -3.55. The minimum Gasteiger partial charge on any atom is -0.382 e. The lowest BCUT2D eigenvalue weighted by Gasteiger charge is -1.99. The molecule has 15 heavy (non-hydrogen) atoms. The highest BCUT2D eigenvalue weighted by Gasteiger charge is 2.19. The largest absolute Gasteiger partial charge is 0.382 e. The number of aryl methyl sites for hydroxylation is 1. The molecule has 2 N–H and O–H groups in total. The molecule has 0 fully saturated rings. The van der Waals surface area contributed by atoms with Crippen molar-refractivity contribution in [1.82, 2.24) is 9.19 Å². The van der Waals surface area contributed by atoms with Crippen LogP contribution in [0.1, 0.15) is 4.88 Å². The van der Waals surface area contributed by atoms with E-state index in [1.807, 2.05) is 6.92 Å². The maximum Gasteiger partial charge on any atom is 0.292 e. The van der Waals surface area contributed by atoms with Gasteiger partial charge in [0.15, 0.2) is 0 Å². The Morgan fingerprint density at radius 1 is 1.40 bits per heavy atom. The van der Waals surface area contributed by atoms with Crippen molar-refractivity contribution in [1.29, 1.82) is 0 Å². The first-order chi connectivity index (χ1) is 7.00. The number of nitrogens with two attached hydrogens (primary N) is 1. The van der Waals surface area contributed by atoms with Crippen LogP contribution in [0.3, 0.4) is 0 Å². The summed E-state index contributed by atoms with van der Waals surface area (Å²) in [4.78, 5) is 0.939. The van der Waals surface area contributed by atoms with Crippen LogP contribution in [0, 0.1) is 6.92 Å². The third-order valence-corrected chi connectivity index (χ3v) is 4.82. The zero-order valence-electron chi connectivity index (χ0n) is 7.91. The second-order valence-electron chi connectivity index (χ2n) is 2.98. The van der Waals surface area contributed by atoms with Gasteiger partial charge < -0.3 is 5.73 Å². The SMILES string of the molecule is Cc1ccc(S(=O)(=O)n2ccc(N)n2)s1. The Hall–Kier alpha value is -1.34. The third-order valence-electron chi connectivity index (χ3n) is 1.80. The first-order valence-corrected chi connectivity index (χ1v) is 6.39. The molecule has 0 aliphatic rings. The van der Waals surface area contributed by atoms with E-state index in [4.69, 9.17) is 5.73 Å². The number of aromatic nitrogens is 2. The summed E-state index contributed by atoms with van der Waals surface area (Å²) < 4.78 is 25.0. The lowest BCUT2D eigenvalue weighted by atomic mass is 10.5. The molecule has 0 atom stereocenters. The van der Waals surface area contributed by atoms with Crippen molar-refractivity contribution >= 4 is 27.2 Å². The Morgan fingerprint density at radius 2 is 2.13 bits per heavy atom. The molecule has 0 saturated heterocycles. The molecule has 80 valence electrons. The van der Waals surface area contributed by atoms with Crippen molar-refractivity contribution in [2.75, 3.05) is 5.73 Å². The fraction of sp³-hybridized carbons (Fsp3) is 0.125. The van der Waals surface area contributed by atoms with E-state index >= 15 is 0 Å². The fourth-order valence-electron chi connectivity index (χ4n) is 1.10. The zero-order valence-corrected chi connectivity index (χ0v) is 9.55. The molecule has 0 radical (unpaired) electrons. The summed E-state index contributed by atoms with van der Waals surface area (Å²) in [5, 5.41) is 3.68. The van der Waals surface area contributed by atoms with Gasteiger partial charge in [-0.25, -0.2) is 0 Å². The number of hydrogen-bond acceptors (Lipinski definition) is 5. The van der Waals surface area contributed by atoms with Gasteiger partial charge in [0.05, 0.1) is 0 Å². The monoisotopic (exact) mass is 243 g/mol. The van der Waals surface area contributed by atoms with Crippen LogP contribution in [0.5, 0.6) is 0 Å². The maximum absolute atomic E-state index is 11.9. The standard InChI is InChI=1S/C8H9N3O2S2/c1-6-2-3-8(14-6)15(12,13)11-5-4-7(9)10-11/h2-5H,1H3,(H2,9,10). The van der Waals surface area contributed by atoms with Gasteiger partial charge in [0.25, 0.3) is 10.0 Å². The van der Waals surface area contributed by atoms with E-state index in [0.717, 1.165) is 8.96 Å². The Bertz CT molecular complexity index is 536. The van der Waals surface area contributed by atoms with Crippen LogP contribution in [-0.4, -0.2) is 17.6 Å². The second-order valence-corrected chi connectivity index (χ2v) is 6.29. The van der Waals surface area contributed by atoms with Crippen LogP contribution in [0.15, 0.2) is 28.6 Å². The van der Waals surface area contributed by atoms with Gasteiger partial charge in [0.2, 0.25) is 0 Å². The Morgan fingerprint density at radius 3 is 2.60 bits per heavy atom. The predicted molar refractivity (Wildman–Crippen MR) is 58.3 cm³/mol. The molecule has 0 spiro atoms. The molecule has 7 heteroatoms. The summed E-state index contributed by atoms with van der Waals surface area (Å²) in [6.45, 7) is 1.85. The minimum absolute atomic E-state index is 0.187. The molecule has 0 aliphatic carbocycles. The summed E-state index contributed by atoms with van der Waals surface area (Å²) in [6, 6.07) is 4.76. The number of thiophene rings is 1. The van der Waals surface area contributed by atoms with Crippen molar-refractivity contribution in [3.05, 3.63) is 29.3 Å². The van der Waals surface area contributed by atoms with Crippen LogP contribution in [-0.2, 0) is 10.0 Å². The Kier molecular flexibility index (Phi) is 2.28. The van der Waals surface area contributed by atoms with Crippen LogP contribution in [0.4, 0.5) is 5.82 Å². The van der Waals surface area contributed by atoms with E-state index in [9.17, 15) is 8.42 Å². The highest BCUT2D eigenvalue weighted by Crippen LogP contribution is 2.22. The Balaban J connectivity index is 2.53.